The van der Waals surface area contributed by atoms with Crippen molar-refractivity contribution in [3.63, 3.8) is 0 Å². The monoisotopic (exact) mass is 743 g/mol. The highest BCUT2D eigenvalue weighted by Gasteiger charge is 2.25. The molecule has 0 aliphatic carbocycles. The second-order valence-electron chi connectivity index (χ2n) is 14.4. The van der Waals surface area contributed by atoms with Gasteiger partial charge in [0, 0.05) is 31.9 Å². The van der Waals surface area contributed by atoms with Crippen LogP contribution in [-0.2, 0) is 0 Å². The standard InChI is InChI=1S/C53H33N3S/c1-3-11-34(12-4-1)36-21-26-38(27-22-36)43-31-32-48-49-44(43)17-9-18-45(49)46-19-10-20-47(50(46)57-48)53-55-51(39-14-5-2-6-15-39)54-52(56-53)40-28-23-37(24-29-40)42-30-25-35-13-7-8-16-41(35)33-42/h1-33H. The average Bonchev–Trinajstić information content (AvgIpc) is 3.29. The fourth-order valence-electron chi connectivity index (χ4n) is 8.08. The molecular weight excluding hydrogens is 711 g/mol. The van der Waals surface area contributed by atoms with Crippen molar-refractivity contribution < 1.29 is 0 Å². The van der Waals surface area contributed by atoms with Crippen LogP contribution in [0.4, 0.5) is 0 Å². The summed E-state index contributed by atoms with van der Waals surface area (Å²) in [4.78, 5) is 17.8. The Morgan fingerprint density at radius 3 is 1.58 bits per heavy atom. The van der Waals surface area contributed by atoms with Crippen LogP contribution >= 0.6 is 11.8 Å². The normalized spacial score (nSPS) is 11.8. The second-order valence-corrected chi connectivity index (χ2v) is 15.4. The molecule has 0 fully saturated rings. The van der Waals surface area contributed by atoms with Crippen molar-refractivity contribution in [1.29, 1.82) is 0 Å². The number of fused-ring (bicyclic) bond motifs is 3. The number of hydrogen-bond acceptors (Lipinski definition) is 4. The predicted molar refractivity (Wildman–Crippen MR) is 237 cm³/mol. The Morgan fingerprint density at radius 1 is 0.298 bits per heavy atom. The first-order valence-electron chi connectivity index (χ1n) is 19.2. The molecule has 9 aromatic carbocycles. The fourth-order valence-corrected chi connectivity index (χ4v) is 9.31. The smallest absolute Gasteiger partial charge is 0.165 e. The van der Waals surface area contributed by atoms with Crippen LogP contribution in [0.15, 0.2) is 210 Å². The van der Waals surface area contributed by atoms with Crippen LogP contribution in [0.5, 0.6) is 0 Å². The van der Waals surface area contributed by atoms with E-state index in [4.69, 9.17) is 15.0 Å². The SMILES string of the molecule is c1ccc(-c2ccc(-c3ccc4c5c(cccc35)-c3cccc(-c5nc(-c6ccccc6)nc(-c6ccc(-c7ccc8ccccc8c7)cc6)n5)c3S4)cc2)cc1. The maximum absolute atomic E-state index is 5.20. The minimum atomic E-state index is 0.646. The van der Waals surface area contributed by atoms with Crippen molar-refractivity contribution in [1.82, 2.24) is 15.0 Å². The third-order valence-corrected chi connectivity index (χ3v) is 12.2. The van der Waals surface area contributed by atoms with Gasteiger partial charge in [-0.05, 0) is 78.9 Å². The molecule has 0 spiro atoms. The Balaban J connectivity index is 0.999. The zero-order valence-electron chi connectivity index (χ0n) is 30.8. The quantitative estimate of drug-likeness (QED) is 0.170. The molecule has 1 aromatic heterocycles. The number of aromatic nitrogens is 3. The number of nitrogens with zero attached hydrogens (tertiary/aromatic N) is 3. The van der Waals surface area contributed by atoms with Gasteiger partial charge in [0.05, 0.1) is 0 Å². The van der Waals surface area contributed by atoms with Crippen LogP contribution in [0.3, 0.4) is 0 Å². The van der Waals surface area contributed by atoms with Crippen molar-refractivity contribution >= 4 is 33.3 Å². The maximum atomic E-state index is 5.20. The van der Waals surface area contributed by atoms with Crippen molar-refractivity contribution in [2.45, 2.75) is 9.79 Å². The molecule has 57 heavy (non-hydrogen) atoms. The first-order valence-corrected chi connectivity index (χ1v) is 20.0. The summed E-state index contributed by atoms with van der Waals surface area (Å²) in [6.07, 6.45) is 0. The van der Waals surface area contributed by atoms with Gasteiger partial charge in [-0.1, -0.05) is 194 Å². The van der Waals surface area contributed by atoms with E-state index in [1.165, 1.54) is 65.4 Å². The Kier molecular flexibility index (Phi) is 8.08. The van der Waals surface area contributed by atoms with Crippen LogP contribution < -0.4 is 0 Å². The highest BCUT2D eigenvalue weighted by molar-refractivity contribution is 8.00. The molecule has 0 amide bonds. The average molecular weight is 744 g/mol. The van der Waals surface area contributed by atoms with Gasteiger partial charge in [-0.2, -0.15) is 0 Å². The van der Waals surface area contributed by atoms with E-state index in [1.807, 2.05) is 18.2 Å². The third-order valence-electron chi connectivity index (χ3n) is 11.0. The lowest BCUT2D eigenvalue weighted by molar-refractivity contribution is 1.07. The molecule has 1 aliphatic rings. The van der Waals surface area contributed by atoms with Crippen molar-refractivity contribution in [3.8, 4) is 78.7 Å². The molecule has 0 radical (unpaired) electrons. The van der Waals surface area contributed by atoms with Gasteiger partial charge < -0.3 is 0 Å². The Hall–Kier alpha value is -7.14. The molecule has 11 rings (SSSR count). The maximum Gasteiger partial charge on any atom is 0.165 e. The van der Waals surface area contributed by atoms with E-state index in [0.29, 0.717) is 17.5 Å². The summed E-state index contributed by atoms with van der Waals surface area (Å²) in [5, 5.41) is 5.00. The molecule has 1 aliphatic heterocycles. The molecular formula is C53H33N3S. The highest BCUT2D eigenvalue weighted by atomic mass is 32.2. The fraction of sp³-hybridized carbons (Fsp3) is 0. The molecule has 4 heteroatoms. The summed E-state index contributed by atoms with van der Waals surface area (Å²) in [5.74, 6) is 1.96. The predicted octanol–water partition coefficient (Wildman–Crippen LogP) is 14.3. The van der Waals surface area contributed by atoms with E-state index in [-0.39, 0.29) is 0 Å². The lowest BCUT2D eigenvalue weighted by Gasteiger charge is -2.23. The minimum absolute atomic E-state index is 0.646. The number of rotatable bonds is 6. The van der Waals surface area contributed by atoms with E-state index >= 15 is 0 Å². The molecule has 3 nitrogen and oxygen atoms in total. The third kappa shape index (κ3) is 5.99. The first-order chi connectivity index (χ1) is 28.2. The molecule has 10 aromatic rings. The van der Waals surface area contributed by atoms with Crippen LogP contribution in [0, 0.1) is 0 Å². The summed E-state index contributed by atoms with van der Waals surface area (Å²) >= 11 is 1.80. The van der Waals surface area contributed by atoms with E-state index in [9.17, 15) is 0 Å². The molecule has 0 atom stereocenters. The summed E-state index contributed by atoms with van der Waals surface area (Å²) < 4.78 is 0. The molecule has 266 valence electrons. The van der Waals surface area contributed by atoms with E-state index < -0.39 is 0 Å². The van der Waals surface area contributed by atoms with Gasteiger partial charge in [0.1, 0.15) is 0 Å². The summed E-state index contributed by atoms with van der Waals surface area (Å²) in [6.45, 7) is 0. The molecule has 0 unspecified atom stereocenters. The summed E-state index contributed by atoms with van der Waals surface area (Å²) in [6, 6.07) is 71.1. The number of hydrogen-bond donors (Lipinski definition) is 0. The summed E-state index contributed by atoms with van der Waals surface area (Å²) in [7, 11) is 0. The van der Waals surface area contributed by atoms with Crippen LogP contribution in [0.25, 0.3) is 100 Å². The Labute approximate surface area is 335 Å². The van der Waals surface area contributed by atoms with Gasteiger partial charge in [0.15, 0.2) is 17.5 Å². The van der Waals surface area contributed by atoms with Gasteiger partial charge in [-0.15, -0.1) is 0 Å². The molecule has 0 saturated carbocycles. The molecule has 2 heterocycles. The first kappa shape index (κ1) is 33.2. The van der Waals surface area contributed by atoms with Crippen molar-refractivity contribution in [2.24, 2.45) is 0 Å². The molecule has 0 saturated heterocycles. The van der Waals surface area contributed by atoms with Gasteiger partial charge in [0.2, 0.25) is 0 Å². The summed E-state index contributed by atoms with van der Waals surface area (Å²) in [5.41, 5.74) is 12.5. The van der Waals surface area contributed by atoms with E-state index in [2.05, 4.69) is 182 Å². The minimum Gasteiger partial charge on any atom is -0.208 e. The van der Waals surface area contributed by atoms with E-state index in [1.54, 1.807) is 11.8 Å². The zero-order valence-corrected chi connectivity index (χ0v) is 31.6. The van der Waals surface area contributed by atoms with Crippen molar-refractivity contribution in [2.75, 3.05) is 0 Å². The Morgan fingerprint density at radius 2 is 0.825 bits per heavy atom. The van der Waals surface area contributed by atoms with E-state index in [0.717, 1.165) is 27.1 Å². The van der Waals surface area contributed by atoms with Gasteiger partial charge in [-0.3, -0.25) is 0 Å². The lowest BCUT2D eigenvalue weighted by atomic mass is 9.91. The van der Waals surface area contributed by atoms with Crippen LogP contribution in [0.2, 0.25) is 0 Å². The highest BCUT2D eigenvalue weighted by Crippen LogP contribution is 2.52. The van der Waals surface area contributed by atoms with Crippen LogP contribution in [0.1, 0.15) is 0 Å². The lowest BCUT2D eigenvalue weighted by Crippen LogP contribution is -2.02. The number of benzene rings is 9. The van der Waals surface area contributed by atoms with Crippen LogP contribution in [-0.4, -0.2) is 15.0 Å². The van der Waals surface area contributed by atoms with Gasteiger partial charge >= 0.3 is 0 Å². The van der Waals surface area contributed by atoms with Gasteiger partial charge in [0.25, 0.3) is 0 Å². The zero-order chi connectivity index (χ0) is 37.7. The molecule has 0 bridgehead atoms. The molecule has 0 N–H and O–H groups in total. The van der Waals surface area contributed by atoms with Crippen molar-refractivity contribution in [3.05, 3.63) is 200 Å². The topological polar surface area (TPSA) is 38.7 Å². The largest absolute Gasteiger partial charge is 0.208 e. The Bertz CT molecular complexity index is 3120. The van der Waals surface area contributed by atoms with Gasteiger partial charge in [-0.25, -0.2) is 15.0 Å². The second kappa shape index (κ2) is 13.9.